The van der Waals surface area contributed by atoms with Gasteiger partial charge in [0.05, 0.1) is 23.7 Å². The molecule has 1 aromatic carbocycles. The van der Waals surface area contributed by atoms with Crippen LogP contribution in [0.3, 0.4) is 0 Å². The SMILES string of the molecule is COC1CCCN(c2nc(C(F)(F)F)c(C(=O)Nc3ccc(N4CCN(C(=O)Nc5ccccc5F)CC4)nc3)o2)C1. The molecule has 2 saturated heterocycles. The quantitative estimate of drug-likeness (QED) is 0.404. The number of piperidine rings is 1. The maximum atomic E-state index is 13.8. The molecule has 4 heterocycles. The first-order valence-electron chi connectivity index (χ1n) is 13.3. The highest BCUT2D eigenvalue weighted by Crippen LogP contribution is 2.35. The highest BCUT2D eigenvalue weighted by Gasteiger charge is 2.42. The molecule has 5 rings (SSSR count). The van der Waals surface area contributed by atoms with Crippen molar-refractivity contribution in [3.63, 3.8) is 0 Å². The normalized spacial score (nSPS) is 17.7. The molecule has 2 N–H and O–H groups in total. The number of alkyl halides is 3. The number of methoxy groups -OCH3 is 1. The number of nitrogens with one attached hydrogen (secondary N) is 2. The van der Waals surface area contributed by atoms with Gasteiger partial charge in [0.1, 0.15) is 11.6 Å². The van der Waals surface area contributed by atoms with Crippen LogP contribution in [0.25, 0.3) is 0 Å². The van der Waals surface area contributed by atoms with E-state index in [0.717, 1.165) is 6.42 Å². The summed E-state index contributed by atoms with van der Waals surface area (Å²) in [7, 11) is 1.53. The maximum absolute atomic E-state index is 13.8. The second-order valence-electron chi connectivity index (χ2n) is 9.86. The van der Waals surface area contributed by atoms with Gasteiger partial charge in [-0.3, -0.25) is 4.79 Å². The number of piperazine rings is 1. The van der Waals surface area contributed by atoms with Crippen LogP contribution in [0.5, 0.6) is 0 Å². The van der Waals surface area contributed by atoms with Gasteiger partial charge < -0.3 is 34.5 Å². The molecule has 0 bridgehead atoms. The summed E-state index contributed by atoms with van der Waals surface area (Å²) in [5.41, 5.74) is -1.15. The molecule has 0 radical (unpaired) electrons. The zero-order chi connectivity index (χ0) is 29.9. The molecule has 11 nitrogen and oxygen atoms in total. The molecule has 1 unspecified atom stereocenters. The molecular weight excluding hydrogens is 562 g/mol. The van der Waals surface area contributed by atoms with Crippen molar-refractivity contribution in [1.82, 2.24) is 14.9 Å². The largest absolute Gasteiger partial charge is 0.437 e. The van der Waals surface area contributed by atoms with E-state index in [1.807, 2.05) is 4.90 Å². The fraction of sp³-hybridized carbons (Fsp3) is 0.407. The maximum Gasteiger partial charge on any atom is 0.437 e. The zero-order valence-corrected chi connectivity index (χ0v) is 22.7. The number of carbonyl (C=O) groups is 2. The van der Waals surface area contributed by atoms with Gasteiger partial charge >= 0.3 is 12.2 Å². The molecule has 2 aromatic heterocycles. The number of rotatable bonds is 6. The highest BCUT2D eigenvalue weighted by molar-refractivity contribution is 6.03. The Balaban J connectivity index is 1.20. The summed E-state index contributed by atoms with van der Waals surface area (Å²) in [4.78, 5) is 38.3. The molecule has 224 valence electrons. The van der Waals surface area contributed by atoms with Gasteiger partial charge in [0.2, 0.25) is 5.76 Å². The third kappa shape index (κ3) is 6.56. The topological polar surface area (TPSA) is 116 Å². The third-order valence-electron chi connectivity index (χ3n) is 7.08. The lowest BCUT2D eigenvalue weighted by Gasteiger charge is -2.35. The van der Waals surface area contributed by atoms with E-state index >= 15 is 0 Å². The number of hydrogen-bond acceptors (Lipinski definition) is 8. The Hall–Kier alpha value is -4.40. The van der Waals surface area contributed by atoms with Crippen molar-refractivity contribution in [2.75, 3.05) is 66.8 Å². The van der Waals surface area contributed by atoms with Crippen LogP contribution in [0.1, 0.15) is 29.1 Å². The standard InChI is InChI=1S/C27H29F4N7O4/c1-41-18-5-4-10-38(16-18)26-35-23(27(29,30)31)22(42-26)24(39)33-17-8-9-21(32-15-17)36-11-13-37(14-12-36)25(40)34-20-7-3-2-6-19(20)28/h2-3,6-9,15,18H,4-5,10-14,16H2,1H3,(H,33,39)(H,34,40). The minimum absolute atomic E-state index is 0.0966. The van der Waals surface area contributed by atoms with Crippen molar-refractivity contribution >= 4 is 35.1 Å². The molecule has 0 saturated carbocycles. The predicted molar refractivity (Wildman–Crippen MR) is 145 cm³/mol. The zero-order valence-electron chi connectivity index (χ0n) is 22.7. The number of anilines is 4. The first kappa shape index (κ1) is 29.1. The molecule has 42 heavy (non-hydrogen) atoms. The second-order valence-corrected chi connectivity index (χ2v) is 9.86. The van der Waals surface area contributed by atoms with E-state index in [0.29, 0.717) is 51.5 Å². The summed E-state index contributed by atoms with van der Waals surface area (Å²) >= 11 is 0. The number of urea groups is 1. The summed E-state index contributed by atoms with van der Waals surface area (Å²) in [6.45, 7) is 2.33. The molecular formula is C27H29F4N7O4. The highest BCUT2D eigenvalue weighted by atomic mass is 19.4. The van der Waals surface area contributed by atoms with Crippen LogP contribution in [-0.4, -0.2) is 79.3 Å². The molecule has 0 spiro atoms. The summed E-state index contributed by atoms with van der Waals surface area (Å²) in [6.07, 6.45) is -2.32. The Kier molecular flexibility index (Phi) is 8.47. The predicted octanol–water partition coefficient (Wildman–Crippen LogP) is 4.45. The fourth-order valence-electron chi connectivity index (χ4n) is 4.82. The van der Waals surface area contributed by atoms with E-state index in [1.54, 1.807) is 17.0 Å². The van der Waals surface area contributed by atoms with Crippen LogP contribution in [-0.2, 0) is 10.9 Å². The summed E-state index contributed by atoms with van der Waals surface area (Å²) in [6, 6.07) is 8.31. The van der Waals surface area contributed by atoms with Gasteiger partial charge in [-0.1, -0.05) is 12.1 Å². The number of hydrogen-bond donors (Lipinski definition) is 2. The van der Waals surface area contributed by atoms with Crippen LogP contribution in [0, 0.1) is 5.82 Å². The van der Waals surface area contributed by atoms with E-state index in [4.69, 9.17) is 9.15 Å². The van der Waals surface area contributed by atoms with Gasteiger partial charge in [-0.25, -0.2) is 14.2 Å². The first-order chi connectivity index (χ1) is 20.1. The van der Waals surface area contributed by atoms with Crippen LogP contribution in [0.2, 0.25) is 0 Å². The van der Waals surface area contributed by atoms with Gasteiger partial charge in [0.15, 0.2) is 5.69 Å². The first-order valence-corrected chi connectivity index (χ1v) is 13.3. The molecule has 15 heteroatoms. The van der Waals surface area contributed by atoms with E-state index in [9.17, 15) is 27.2 Å². The molecule has 1 atom stereocenters. The second kappa shape index (κ2) is 12.2. The number of halogens is 4. The lowest BCUT2D eigenvalue weighted by Crippen LogP contribution is -2.50. The van der Waals surface area contributed by atoms with Crippen molar-refractivity contribution in [2.24, 2.45) is 0 Å². The van der Waals surface area contributed by atoms with Crippen molar-refractivity contribution in [2.45, 2.75) is 25.1 Å². The van der Waals surface area contributed by atoms with Crippen molar-refractivity contribution in [1.29, 1.82) is 0 Å². The number of pyridine rings is 1. The Labute approximate surface area is 238 Å². The lowest BCUT2D eigenvalue weighted by molar-refractivity contribution is -0.141. The molecule has 2 fully saturated rings. The van der Waals surface area contributed by atoms with E-state index in [2.05, 4.69) is 20.6 Å². The summed E-state index contributed by atoms with van der Waals surface area (Å²) < 4.78 is 65.7. The van der Waals surface area contributed by atoms with Crippen LogP contribution < -0.4 is 20.4 Å². The number of para-hydroxylation sites is 1. The average Bonchev–Trinajstić information content (AvgIpc) is 3.46. The fourth-order valence-corrected chi connectivity index (χ4v) is 4.82. The van der Waals surface area contributed by atoms with Gasteiger partial charge in [-0.05, 0) is 37.1 Å². The average molecular weight is 592 g/mol. The number of ether oxygens (including phenoxy) is 1. The number of amides is 3. The number of aromatic nitrogens is 2. The molecule has 0 aliphatic carbocycles. The van der Waals surface area contributed by atoms with Gasteiger partial charge in [-0.15, -0.1) is 0 Å². The van der Waals surface area contributed by atoms with Crippen molar-refractivity contribution < 1.29 is 36.3 Å². The van der Waals surface area contributed by atoms with Crippen molar-refractivity contribution in [3.8, 4) is 0 Å². The van der Waals surface area contributed by atoms with Crippen LogP contribution >= 0.6 is 0 Å². The van der Waals surface area contributed by atoms with E-state index in [-0.39, 0.29) is 23.5 Å². The number of oxazole rings is 1. The molecule has 3 aromatic rings. The number of carbonyl (C=O) groups excluding carboxylic acids is 2. The number of benzene rings is 1. The van der Waals surface area contributed by atoms with Gasteiger partial charge in [0, 0.05) is 46.4 Å². The Morgan fingerprint density at radius 2 is 1.79 bits per heavy atom. The van der Waals surface area contributed by atoms with Gasteiger partial charge in [-0.2, -0.15) is 18.2 Å². The summed E-state index contributed by atoms with van der Waals surface area (Å²) in [5, 5.41) is 4.96. The lowest BCUT2D eigenvalue weighted by atomic mass is 10.1. The monoisotopic (exact) mass is 591 g/mol. The Morgan fingerprint density at radius 1 is 1.02 bits per heavy atom. The van der Waals surface area contributed by atoms with E-state index in [1.165, 1.54) is 42.5 Å². The molecule has 2 aliphatic rings. The number of nitrogens with zero attached hydrogens (tertiary/aromatic N) is 5. The minimum atomic E-state index is -4.90. The van der Waals surface area contributed by atoms with Crippen molar-refractivity contribution in [3.05, 3.63) is 59.9 Å². The minimum Gasteiger partial charge on any atom is -0.417 e. The van der Waals surface area contributed by atoms with Gasteiger partial charge in [0.25, 0.3) is 11.9 Å². The Morgan fingerprint density at radius 3 is 2.45 bits per heavy atom. The summed E-state index contributed by atoms with van der Waals surface area (Å²) in [5.74, 6) is -2.02. The van der Waals surface area contributed by atoms with E-state index < -0.39 is 35.4 Å². The molecule has 3 amide bonds. The molecule has 2 aliphatic heterocycles. The van der Waals surface area contributed by atoms with Crippen LogP contribution in [0.4, 0.5) is 45.6 Å². The van der Waals surface area contributed by atoms with Crippen LogP contribution in [0.15, 0.2) is 47.0 Å². The Bertz CT molecular complexity index is 1410. The smallest absolute Gasteiger partial charge is 0.417 e. The third-order valence-corrected chi connectivity index (χ3v) is 7.08.